The van der Waals surface area contributed by atoms with E-state index in [9.17, 15) is 0 Å². The second kappa shape index (κ2) is 28.0. The quantitative estimate of drug-likeness (QED) is 0.0406. The fraction of sp³-hybridized carbons (Fsp3) is 0.443. The molecule has 3 nitrogen and oxygen atoms in total. The van der Waals surface area contributed by atoms with Crippen LogP contribution >= 0.6 is 0 Å². The molecule has 0 unspecified atom stereocenters. The zero-order valence-electron chi connectivity index (χ0n) is 62.9. The number of para-hydroxylation sites is 2. The van der Waals surface area contributed by atoms with Gasteiger partial charge in [-0.3, -0.25) is 0 Å². The number of furan rings is 2. The van der Waals surface area contributed by atoms with Gasteiger partial charge in [-0.15, -0.1) is 0 Å². The van der Waals surface area contributed by atoms with Crippen molar-refractivity contribution < 1.29 is 8.83 Å². The van der Waals surface area contributed by atoms with Gasteiger partial charge < -0.3 is 13.7 Å². The van der Waals surface area contributed by atoms with Crippen molar-refractivity contribution in [3.63, 3.8) is 0 Å². The lowest BCUT2D eigenvalue weighted by Crippen LogP contribution is -2.27. The Morgan fingerprint density at radius 1 is 0.320 bits per heavy atom. The minimum absolute atomic E-state index is 0.0969. The number of nitrogens with zero attached hydrogens (tertiary/aromatic N) is 1. The van der Waals surface area contributed by atoms with Crippen molar-refractivity contribution in [1.82, 2.24) is 0 Å². The van der Waals surface area contributed by atoms with Crippen molar-refractivity contribution in [3.05, 3.63) is 207 Å². The predicted molar refractivity (Wildman–Crippen MR) is 429 cm³/mol. The summed E-state index contributed by atoms with van der Waals surface area (Å²) in [5.74, 6) is 0. The van der Waals surface area contributed by atoms with Gasteiger partial charge in [-0.25, -0.2) is 0 Å². The molecule has 0 saturated carbocycles. The van der Waals surface area contributed by atoms with Crippen molar-refractivity contribution in [3.8, 4) is 44.5 Å². The molecule has 0 aliphatic heterocycles. The van der Waals surface area contributed by atoms with Crippen LogP contribution in [0.15, 0.2) is 154 Å². The lowest BCUT2D eigenvalue weighted by atomic mass is 9.68. The topological polar surface area (TPSA) is 29.5 Å². The first-order chi connectivity index (χ1) is 48.7. The summed E-state index contributed by atoms with van der Waals surface area (Å²) in [6.07, 6.45) is 35.7. The second-order valence-corrected chi connectivity index (χ2v) is 32.8. The van der Waals surface area contributed by atoms with Crippen LogP contribution in [0.3, 0.4) is 0 Å². The number of anilines is 3. The second-order valence-electron chi connectivity index (χ2n) is 32.8. The summed E-state index contributed by atoms with van der Waals surface area (Å²) in [6, 6.07) is 58.0. The number of fused-ring (bicyclic) bond motifs is 22. The first-order valence-corrected chi connectivity index (χ1v) is 40.2. The third-order valence-electron chi connectivity index (χ3n) is 25.4. The number of aryl methyl sites for hydroxylation is 3. The van der Waals surface area contributed by atoms with Gasteiger partial charge in [-0.1, -0.05) is 306 Å². The molecule has 0 atom stereocenters. The predicted octanol–water partition coefficient (Wildman–Crippen LogP) is 30.0. The number of rotatable bonds is 31. The summed E-state index contributed by atoms with van der Waals surface area (Å²) in [4.78, 5) is 2.71. The van der Waals surface area contributed by atoms with Gasteiger partial charge in [0.25, 0.3) is 0 Å². The van der Waals surface area contributed by atoms with Crippen molar-refractivity contribution in [2.24, 2.45) is 0 Å². The SMILES string of the molecule is CCCCCCCCC1(CCCCCCCC)c2cc(N(c3ccc4c(c3)C(C)(C)c3c5c(c6oc7ccccc7c6c3-4)-c3ccccc3C5(C)C)c3c(C)cc(C)cc3C)ccc2-c2cc3c(cc21)-c1c(ccc2oc4ccccc4c12)C3(CCCCCCCC)CCCCCCCC. The van der Waals surface area contributed by atoms with Gasteiger partial charge in [0.05, 0.1) is 5.69 Å². The maximum absolute atomic E-state index is 7.16. The Hall–Kier alpha value is -7.62. The van der Waals surface area contributed by atoms with Gasteiger partial charge in [-0.05, 0) is 196 Å². The van der Waals surface area contributed by atoms with E-state index in [1.807, 2.05) is 0 Å². The van der Waals surface area contributed by atoms with Gasteiger partial charge in [-0.2, -0.15) is 0 Å². The van der Waals surface area contributed by atoms with Crippen molar-refractivity contribution in [1.29, 1.82) is 0 Å². The first kappa shape index (κ1) is 68.2. The van der Waals surface area contributed by atoms with Crippen molar-refractivity contribution >= 4 is 60.9 Å². The molecular formula is C97H113NO2. The summed E-state index contributed by atoms with van der Waals surface area (Å²) < 4.78 is 14.1. The van der Waals surface area contributed by atoms with E-state index in [1.165, 1.54) is 289 Å². The smallest absolute Gasteiger partial charge is 0.144 e. The first-order valence-electron chi connectivity index (χ1n) is 40.2. The fourth-order valence-corrected chi connectivity index (χ4v) is 20.7. The summed E-state index contributed by atoms with van der Waals surface area (Å²) in [5.41, 5.74) is 34.0. The van der Waals surface area contributed by atoms with Crippen LogP contribution in [0, 0.1) is 20.8 Å². The molecule has 518 valence electrons. The number of unbranched alkanes of at least 4 members (excludes halogenated alkanes) is 20. The highest BCUT2D eigenvalue weighted by Crippen LogP contribution is 2.66. The van der Waals surface area contributed by atoms with Crippen LogP contribution in [0.25, 0.3) is 88.4 Å². The van der Waals surface area contributed by atoms with Crippen molar-refractivity contribution in [2.75, 3.05) is 4.90 Å². The molecule has 0 amide bonds. The lowest BCUT2D eigenvalue weighted by molar-refractivity contribution is 0.394. The zero-order valence-corrected chi connectivity index (χ0v) is 62.9. The molecule has 0 radical (unpaired) electrons. The highest BCUT2D eigenvalue weighted by molar-refractivity contribution is 6.21. The molecule has 0 bridgehead atoms. The Kier molecular flexibility index (Phi) is 19.1. The van der Waals surface area contributed by atoms with Crippen LogP contribution in [-0.4, -0.2) is 0 Å². The van der Waals surface area contributed by atoms with Crippen LogP contribution in [0.1, 0.15) is 296 Å². The molecule has 0 saturated heterocycles. The molecule has 2 aromatic heterocycles. The third kappa shape index (κ3) is 11.3. The Morgan fingerprint density at radius 3 is 1.35 bits per heavy atom. The highest BCUT2D eigenvalue weighted by atomic mass is 16.3. The van der Waals surface area contributed by atoms with Crippen LogP contribution in [-0.2, 0) is 21.7 Å². The van der Waals surface area contributed by atoms with Gasteiger partial charge in [0.15, 0.2) is 0 Å². The standard InChI is InChI=1S/C97H113NO2/c1-12-16-20-24-28-38-54-96(55-39-29-25-21-17-13-2)77-52-53-84-86(72-43-33-36-46-82(72)99-84)85(77)75-63-80-74(62-81(75)96)69-50-48-68(61-79(69)97(80,56-40-30-26-22-18-14-3)57-41-31-27-23-19-15-4)98(92-65(6)58-64(5)59-66(92)7)67-49-51-71-78(60-67)95(10,11)90-87(71)88-73-44-34-37-47-83(73)100-93(88)89-70-42-32-35-45-76(70)94(8,9)91(89)90/h32-37,42-53,58-63H,12-31,38-41,54-57H2,1-11H3. The molecule has 0 fully saturated rings. The third-order valence-corrected chi connectivity index (χ3v) is 25.4. The van der Waals surface area contributed by atoms with Crippen LogP contribution in [0.2, 0.25) is 0 Å². The minimum atomic E-state index is -0.338. The Morgan fingerprint density at radius 2 is 0.760 bits per heavy atom. The van der Waals surface area contributed by atoms with Crippen LogP contribution < -0.4 is 4.90 Å². The molecule has 0 N–H and O–H groups in total. The van der Waals surface area contributed by atoms with E-state index >= 15 is 0 Å². The van der Waals surface area contributed by atoms with Crippen LogP contribution in [0.4, 0.5) is 17.1 Å². The Labute approximate surface area is 600 Å². The zero-order chi connectivity index (χ0) is 69.1. The Bertz CT molecular complexity index is 4800. The highest BCUT2D eigenvalue weighted by Gasteiger charge is 2.51. The molecule has 0 spiro atoms. The number of benzene rings is 9. The van der Waals surface area contributed by atoms with Crippen molar-refractivity contribution in [2.45, 2.75) is 278 Å². The summed E-state index contributed by atoms with van der Waals surface area (Å²) in [5, 5.41) is 5.04. The lowest BCUT2D eigenvalue weighted by Gasteiger charge is -2.36. The number of hydrogen-bond acceptors (Lipinski definition) is 3. The largest absolute Gasteiger partial charge is 0.456 e. The average Bonchev–Trinajstić information content (AvgIpc) is 1.52. The monoisotopic (exact) mass is 1320 g/mol. The van der Waals surface area contributed by atoms with Gasteiger partial charge >= 0.3 is 0 Å². The molecule has 9 aromatic carbocycles. The van der Waals surface area contributed by atoms with E-state index in [-0.39, 0.29) is 21.7 Å². The molecule has 4 aliphatic carbocycles. The van der Waals surface area contributed by atoms with E-state index in [0.717, 1.165) is 35.2 Å². The van der Waals surface area contributed by atoms with E-state index in [4.69, 9.17) is 8.83 Å². The van der Waals surface area contributed by atoms with Gasteiger partial charge in [0, 0.05) is 60.1 Å². The number of hydrogen-bond donors (Lipinski definition) is 0. The van der Waals surface area contributed by atoms with Gasteiger partial charge in [0.1, 0.15) is 22.3 Å². The summed E-state index contributed by atoms with van der Waals surface area (Å²) in [7, 11) is 0. The molecule has 15 rings (SSSR count). The van der Waals surface area contributed by atoms with Gasteiger partial charge in [0.2, 0.25) is 0 Å². The molecule has 3 heteroatoms. The maximum atomic E-state index is 7.16. The van der Waals surface area contributed by atoms with E-state index in [1.54, 1.807) is 22.3 Å². The Balaban J connectivity index is 0.949. The van der Waals surface area contributed by atoms with Crippen LogP contribution in [0.5, 0.6) is 0 Å². The molecule has 11 aromatic rings. The van der Waals surface area contributed by atoms with E-state index in [0.29, 0.717) is 0 Å². The van der Waals surface area contributed by atoms with E-state index in [2.05, 4.69) is 227 Å². The summed E-state index contributed by atoms with van der Waals surface area (Å²) >= 11 is 0. The fourth-order valence-electron chi connectivity index (χ4n) is 20.7. The average molecular weight is 1320 g/mol. The molecule has 2 heterocycles. The summed E-state index contributed by atoms with van der Waals surface area (Å²) in [6.45, 7) is 26.4. The minimum Gasteiger partial charge on any atom is -0.456 e. The normalized spacial score (nSPS) is 15.2. The van der Waals surface area contributed by atoms with E-state index < -0.39 is 0 Å². The molecular weight excluding hydrogens is 1210 g/mol. The molecule has 4 aliphatic rings. The maximum Gasteiger partial charge on any atom is 0.144 e. The molecule has 100 heavy (non-hydrogen) atoms.